The van der Waals surface area contributed by atoms with Crippen molar-refractivity contribution in [1.82, 2.24) is 5.32 Å². The molecule has 1 nitrogen and oxygen atoms in total. The lowest BCUT2D eigenvalue weighted by atomic mass is 9.87. The quantitative estimate of drug-likeness (QED) is 0.864. The van der Waals surface area contributed by atoms with Crippen LogP contribution in [-0.4, -0.2) is 0 Å². The van der Waals surface area contributed by atoms with Crippen LogP contribution in [0.1, 0.15) is 45.3 Å². The van der Waals surface area contributed by atoms with Crippen molar-refractivity contribution in [2.75, 3.05) is 0 Å². The minimum Gasteiger partial charge on any atom is -0.306 e. The molecule has 0 spiro atoms. The predicted molar refractivity (Wildman–Crippen MR) is 82.8 cm³/mol. The summed E-state index contributed by atoms with van der Waals surface area (Å²) in [6, 6.07) is 11.7. The molecule has 1 heterocycles. The fourth-order valence-electron chi connectivity index (χ4n) is 3.06. The molecule has 19 heavy (non-hydrogen) atoms. The van der Waals surface area contributed by atoms with E-state index in [9.17, 15) is 0 Å². The fourth-order valence-corrected chi connectivity index (χ4v) is 4.00. The van der Waals surface area contributed by atoms with Gasteiger partial charge in [0.25, 0.3) is 0 Å². The number of nitrogens with one attached hydrogen (secondary N) is 1. The van der Waals surface area contributed by atoms with Gasteiger partial charge in [0.1, 0.15) is 0 Å². The Kier molecular flexibility index (Phi) is 3.72. The van der Waals surface area contributed by atoms with Crippen LogP contribution < -0.4 is 5.32 Å². The fraction of sp³-hybridized carbons (Fsp3) is 0.412. The summed E-state index contributed by atoms with van der Waals surface area (Å²) in [5.41, 5.74) is 4.51. The van der Waals surface area contributed by atoms with Crippen molar-refractivity contribution in [3.05, 3.63) is 56.8 Å². The highest BCUT2D eigenvalue weighted by molar-refractivity contribution is 7.12. The maximum absolute atomic E-state index is 3.75. The second-order valence-corrected chi connectivity index (χ2v) is 6.92. The molecule has 1 N–H and O–H groups in total. The summed E-state index contributed by atoms with van der Waals surface area (Å²) < 4.78 is 0. The minimum absolute atomic E-state index is 0.532. The Hall–Kier alpha value is -1.12. The Labute approximate surface area is 119 Å². The highest BCUT2D eigenvalue weighted by Crippen LogP contribution is 2.30. The molecule has 1 atom stereocenters. The number of benzene rings is 1. The third-order valence-electron chi connectivity index (χ3n) is 4.05. The van der Waals surface area contributed by atoms with Crippen molar-refractivity contribution in [1.29, 1.82) is 0 Å². The molecule has 3 rings (SSSR count). The van der Waals surface area contributed by atoms with Crippen LogP contribution >= 0.6 is 11.3 Å². The molecule has 1 aliphatic carbocycles. The Bertz CT molecular complexity index is 570. The first kappa shape index (κ1) is 12.9. The van der Waals surface area contributed by atoms with Gasteiger partial charge in [-0.3, -0.25) is 0 Å². The lowest BCUT2D eigenvalue weighted by Gasteiger charge is -2.26. The summed E-state index contributed by atoms with van der Waals surface area (Å²) in [5.74, 6) is 0. The molecule has 1 unspecified atom stereocenters. The molecule has 2 aromatic rings. The van der Waals surface area contributed by atoms with Gasteiger partial charge in [-0.1, -0.05) is 24.3 Å². The third kappa shape index (κ3) is 2.75. The highest BCUT2D eigenvalue weighted by Gasteiger charge is 2.19. The summed E-state index contributed by atoms with van der Waals surface area (Å²) >= 11 is 1.90. The molecule has 0 aliphatic heterocycles. The lowest BCUT2D eigenvalue weighted by molar-refractivity contribution is 0.459. The minimum atomic E-state index is 0.532. The first-order chi connectivity index (χ1) is 9.24. The largest absolute Gasteiger partial charge is 0.306 e. The van der Waals surface area contributed by atoms with E-state index < -0.39 is 0 Å². The van der Waals surface area contributed by atoms with E-state index in [0.717, 1.165) is 6.54 Å². The van der Waals surface area contributed by atoms with Crippen LogP contribution in [-0.2, 0) is 13.0 Å². The lowest BCUT2D eigenvalue weighted by Crippen LogP contribution is -2.24. The summed E-state index contributed by atoms with van der Waals surface area (Å²) in [6.07, 6.45) is 3.81. The van der Waals surface area contributed by atoms with Crippen LogP contribution in [0.3, 0.4) is 0 Å². The normalized spacial score (nSPS) is 18.3. The zero-order valence-electron chi connectivity index (χ0n) is 11.7. The first-order valence-corrected chi connectivity index (χ1v) is 7.93. The molecule has 1 aromatic heterocycles. The van der Waals surface area contributed by atoms with Gasteiger partial charge in [-0.05, 0) is 55.9 Å². The third-order valence-corrected chi connectivity index (χ3v) is 5.06. The molecule has 2 heteroatoms. The molecule has 1 aromatic carbocycles. The predicted octanol–water partition coefficient (Wildman–Crippen LogP) is 4.53. The van der Waals surface area contributed by atoms with E-state index >= 15 is 0 Å². The maximum atomic E-state index is 3.75. The smallest absolute Gasteiger partial charge is 0.0326 e. The zero-order chi connectivity index (χ0) is 13.2. The molecule has 0 saturated heterocycles. The summed E-state index contributed by atoms with van der Waals surface area (Å²) in [7, 11) is 0. The number of hydrogen-bond acceptors (Lipinski definition) is 2. The molecule has 100 valence electrons. The molecule has 1 aliphatic rings. The van der Waals surface area contributed by atoms with Crippen molar-refractivity contribution in [3.63, 3.8) is 0 Å². The van der Waals surface area contributed by atoms with Crippen LogP contribution in [0.15, 0.2) is 30.3 Å². The van der Waals surface area contributed by atoms with Crippen LogP contribution in [0.5, 0.6) is 0 Å². The zero-order valence-corrected chi connectivity index (χ0v) is 12.5. The van der Waals surface area contributed by atoms with Gasteiger partial charge < -0.3 is 5.32 Å². The molecular formula is C17H21NS. The topological polar surface area (TPSA) is 12.0 Å². The number of hydrogen-bond donors (Lipinski definition) is 1. The number of aryl methyl sites for hydroxylation is 3. The monoisotopic (exact) mass is 271 g/mol. The van der Waals surface area contributed by atoms with Crippen molar-refractivity contribution in [2.45, 2.75) is 45.7 Å². The van der Waals surface area contributed by atoms with Gasteiger partial charge >= 0.3 is 0 Å². The summed E-state index contributed by atoms with van der Waals surface area (Å²) in [6.45, 7) is 5.41. The SMILES string of the molecule is Cc1cc(CNC2CCCc3ccccc32)c(C)s1. The van der Waals surface area contributed by atoms with E-state index in [1.165, 1.54) is 45.7 Å². The van der Waals surface area contributed by atoms with Crippen LogP contribution in [0.4, 0.5) is 0 Å². The molecule has 0 bridgehead atoms. The highest BCUT2D eigenvalue weighted by atomic mass is 32.1. The van der Waals surface area contributed by atoms with E-state index in [-0.39, 0.29) is 0 Å². The average Bonchev–Trinajstić information content (AvgIpc) is 2.74. The van der Waals surface area contributed by atoms with Crippen LogP contribution in [0.2, 0.25) is 0 Å². The van der Waals surface area contributed by atoms with Crippen molar-refractivity contribution in [3.8, 4) is 0 Å². The molecule has 0 fully saturated rings. The van der Waals surface area contributed by atoms with Crippen molar-refractivity contribution < 1.29 is 0 Å². The van der Waals surface area contributed by atoms with E-state index in [1.807, 2.05) is 11.3 Å². The Morgan fingerprint density at radius 2 is 2.11 bits per heavy atom. The number of rotatable bonds is 3. The number of fused-ring (bicyclic) bond motifs is 1. The first-order valence-electron chi connectivity index (χ1n) is 7.11. The molecule has 0 amide bonds. The van der Waals surface area contributed by atoms with E-state index in [0.29, 0.717) is 6.04 Å². The van der Waals surface area contributed by atoms with Gasteiger partial charge in [0, 0.05) is 22.3 Å². The van der Waals surface area contributed by atoms with Crippen LogP contribution in [0, 0.1) is 13.8 Å². The molecule has 0 saturated carbocycles. The van der Waals surface area contributed by atoms with Gasteiger partial charge in [-0.25, -0.2) is 0 Å². The van der Waals surface area contributed by atoms with Gasteiger partial charge in [0.2, 0.25) is 0 Å². The van der Waals surface area contributed by atoms with Gasteiger partial charge in [0.15, 0.2) is 0 Å². The van der Waals surface area contributed by atoms with Crippen molar-refractivity contribution in [2.24, 2.45) is 0 Å². The van der Waals surface area contributed by atoms with E-state index in [4.69, 9.17) is 0 Å². The molecule has 0 radical (unpaired) electrons. The van der Waals surface area contributed by atoms with E-state index in [2.05, 4.69) is 49.5 Å². The standard InChI is InChI=1S/C17H21NS/c1-12-10-15(13(2)19-12)11-18-17-9-5-7-14-6-3-4-8-16(14)17/h3-4,6,8,10,17-18H,5,7,9,11H2,1-2H3. The Morgan fingerprint density at radius 3 is 2.89 bits per heavy atom. The van der Waals surface area contributed by atoms with E-state index in [1.54, 1.807) is 0 Å². The van der Waals surface area contributed by atoms with Gasteiger partial charge in [-0.2, -0.15) is 0 Å². The molecular weight excluding hydrogens is 250 g/mol. The second kappa shape index (κ2) is 5.48. The van der Waals surface area contributed by atoms with Crippen molar-refractivity contribution >= 4 is 11.3 Å². The Morgan fingerprint density at radius 1 is 1.26 bits per heavy atom. The number of thiophene rings is 1. The summed E-state index contributed by atoms with van der Waals surface area (Å²) in [5, 5.41) is 3.75. The van der Waals surface area contributed by atoms with Gasteiger partial charge in [-0.15, -0.1) is 11.3 Å². The van der Waals surface area contributed by atoms with Gasteiger partial charge in [0.05, 0.1) is 0 Å². The summed E-state index contributed by atoms with van der Waals surface area (Å²) in [4.78, 5) is 2.87. The second-order valence-electron chi connectivity index (χ2n) is 5.46. The Balaban J connectivity index is 1.73. The average molecular weight is 271 g/mol. The van der Waals surface area contributed by atoms with Crippen LogP contribution in [0.25, 0.3) is 0 Å². The maximum Gasteiger partial charge on any atom is 0.0326 e.